The first-order chi connectivity index (χ1) is 18.3. The number of nitrogens with zero attached hydrogens (tertiary/aromatic N) is 3. The molecule has 9 nitrogen and oxygen atoms in total. The van der Waals surface area contributed by atoms with E-state index in [1.54, 1.807) is 23.8 Å². The number of rotatable bonds is 10. The molecule has 1 N–H and O–H groups in total. The highest BCUT2D eigenvalue weighted by molar-refractivity contribution is 5.96. The lowest BCUT2D eigenvalue weighted by atomic mass is 9.95. The maximum Gasteiger partial charge on any atom is 0.328 e. The molecule has 2 saturated heterocycles. The van der Waals surface area contributed by atoms with E-state index in [1.165, 1.54) is 7.11 Å². The van der Waals surface area contributed by atoms with Crippen LogP contribution in [-0.2, 0) is 23.9 Å². The Kier molecular flexibility index (Phi) is 12.5. The van der Waals surface area contributed by atoms with Crippen LogP contribution < -0.4 is 5.32 Å². The fourth-order valence-electron chi connectivity index (χ4n) is 5.84. The highest BCUT2D eigenvalue weighted by Gasteiger charge is 2.37. The normalized spacial score (nSPS) is 22.6. The van der Waals surface area contributed by atoms with Crippen LogP contribution in [0.4, 0.5) is 0 Å². The molecule has 0 bridgehead atoms. The third-order valence-electron chi connectivity index (χ3n) is 8.21. The number of piperidine rings is 2. The van der Waals surface area contributed by atoms with Gasteiger partial charge in [0.25, 0.3) is 0 Å². The van der Waals surface area contributed by atoms with E-state index >= 15 is 0 Å². The van der Waals surface area contributed by atoms with E-state index in [1.807, 2.05) is 33.8 Å². The zero-order chi connectivity index (χ0) is 29.4. The number of esters is 1. The minimum atomic E-state index is -0.671. The zero-order valence-corrected chi connectivity index (χ0v) is 25.7. The quantitative estimate of drug-likeness (QED) is 0.332. The van der Waals surface area contributed by atoms with E-state index in [0.717, 1.165) is 38.6 Å². The average Bonchev–Trinajstić information content (AvgIpc) is 2.92. The Morgan fingerprint density at radius 1 is 0.897 bits per heavy atom. The number of nitrogens with one attached hydrogen (secondary N) is 1. The highest BCUT2D eigenvalue weighted by Crippen LogP contribution is 2.23. The van der Waals surface area contributed by atoms with Gasteiger partial charge in [0.2, 0.25) is 17.7 Å². The van der Waals surface area contributed by atoms with Crippen molar-refractivity contribution in [3.63, 3.8) is 0 Å². The first-order valence-corrected chi connectivity index (χ1v) is 14.7. The second-order valence-electron chi connectivity index (χ2n) is 12.1. The molecule has 2 unspecified atom stereocenters. The summed E-state index contributed by atoms with van der Waals surface area (Å²) in [5.41, 5.74) is 0.490. The molecule has 0 radical (unpaired) electrons. The van der Waals surface area contributed by atoms with Crippen molar-refractivity contribution >= 4 is 23.7 Å². The molecule has 2 rings (SSSR count). The summed E-state index contributed by atoms with van der Waals surface area (Å²) in [6.45, 7) is 15.2. The number of likely N-dealkylation sites (N-methyl/N-ethyl adjacent to an activating group) is 1. The molecular weight excluding hydrogens is 496 g/mol. The van der Waals surface area contributed by atoms with Gasteiger partial charge < -0.3 is 19.9 Å². The van der Waals surface area contributed by atoms with E-state index in [9.17, 15) is 19.2 Å². The van der Waals surface area contributed by atoms with Gasteiger partial charge in [-0.05, 0) is 71.3 Å². The van der Waals surface area contributed by atoms with Gasteiger partial charge in [-0.25, -0.2) is 4.79 Å². The summed E-state index contributed by atoms with van der Waals surface area (Å²) in [6.07, 6.45) is 7.00. The zero-order valence-electron chi connectivity index (χ0n) is 25.7. The van der Waals surface area contributed by atoms with Crippen molar-refractivity contribution in [3.8, 4) is 0 Å². The number of carbonyl (C=O) groups excluding carboxylic acids is 4. The van der Waals surface area contributed by atoms with Gasteiger partial charge in [0.15, 0.2) is 0 Å². The lowest BCUT2D eigenvalue weighted by Gasteiger charge is -2.39. The number of hydrogen-bond acceptors (Lipinski definition) is 6. The van der Waals surface area contributed by atoms with Crippen molar-refractivity contribution in [2.75, 3.05) is 27.2 Å². The Morgan fingerprint density at radius 3 is 2.03 bits per heavy atom. The lowest BCUT2D eigenvalue weighted by molar-refractivity contribution is -0.153. The summed E-state index contributed by atoms with van der Waals surface area (Å²) in [5, 5.41) is 3.08. The third-order valence-corrected chi connectivity index (χ3v) is 8.21. The van der Waals surface area contributed by atoms with Crippen LogP contribution in [0.1, 0.15) is 87.0 Å². The van der Waals surface area contributed by atoms with Gasteiger partial charge in [-0.2, -0.15) is 0 Å². The maximum absolute atomic E-state index is 13.8. The van der Waals surface area contributed by atoms with Crippen LogP contribution in [-0.4, -0.2) is 95.8 Å². The van der Waals surface area contributed by atoms with Crippen molar-refractivity contribution in [1.82, 2.24) is 20.0 Å². The molecule has 39 heavy (non-hydrogen) atoms. The molecule has 4 atom stereocenters. The molecule has 0 aliphatic carbocycles. The Balaban J connectivity index is 2.23. The van der Waals surface area contributed by atoms with Crippen LogP contribution in [0.2, 0.25) is 0 Å². The van der Waals surface area contributed by atoms with Crippen LogP contribution in [0.15, 0.2) is 11.6 Å². The van der Waals surface area contributed by atoms with Crippen LogP contribution >= 0.6 is 0 Å². The third kappa shape index (κ3) is 8.29. The second-order valence-corrected chi connectivity index (χ2v) is 12.1. The van der Waals surface area contributed by atoms with Gasteiger partial charge in [0.1, 0.15) is 12.1 Å². The monoisotopic (exact) mass is 548 g/mol. The Labute approximate surface area is 235 Å². The minimum Gasteiger partial charge on any atom is -0.467 e. The Morgan fingerprint density at radius 2 is 1.49 bits per heavy atom. The molecule has 2 fully saturated rings. The van der Waals surface area contributed by atoms with Crippen LogP contribution in [0.5, 0.6) is 0 Å². The average molecular weight is 549 g/mol. The standard InChI is InChI=1S/C30H52N4O5/c1-19(2)25(18-22(7)28(36)34-17-13-11-15-24(34)30(38)39-9)32(8)29(37)26(20(3)4)31-27(35)23-14-10-12-16-33(23)21(5)6/h18-21,23-26H,10-17H2,1-9H3,(H,31,35)/t23?,24?,25-,26+/m1/s1. The first-order valence-electron chi connectivity index (χ1n) is 14.7. The molecule has 3 amide bonds. The molecule has 2 aliphatic heterocycles. The fourth-order valence-corrected chi connectivity index (χ4v) is 5.84. The highest BCUT2D eigenvalue weighted by atomic mass is 16.5. The molecular formula is C30H52N4O5. The number of hydrogen-bond donors (Lipinski definition) is 1. The minimum absolute atomic E-state index is 0.0257. The molecule has 0 aromatic carbocycles. The SMILES string of the molecule is COC(=O)C1CCCCN1C(=O)C(C)=C[C@H](C(C)C)N(C)C(=O)[C@@H](NC(=O)C1CCCCN1C(C)C)C(C)C. The van der Waals surface area contributed by atoms with Gasteiger partial charge in [0, 0.05) is 25.2 Å². The fraction of sp³-hybridized carbons (Fsp3) is 0.800. The molecule has 9 heteroatoms. The predicted molar refractivity (Wildman–Crippen MR) is 153 cm³/mol. The van der Waals surface area contributed by atoms with Gasteiger partial charge in [-0.1, -0.05) is 40.2 Å². The van der Waals surface area contributed by atoms with Gasteiger partial charge in [0.05, 0.1) is 19.2 Å². The summed E-state index contributed by atoms with van der Waals surface area (Å²) >= 11 is 0. The number of likely N-dealkylation sites (tertiary alicyclic amines) is 2. The molecule has 222 valence electrons. The first kappa shape index (κ1) is 32.8. The summed E-state index contributed by atoms with van der Waals surface area (Å²) in [4.78, 5) is 58.4. The van der Waals surface area contributed by atoms with Gasteiger partial charge >= 0.3 is 5.97 Å². The van der Waals surface area contributed by atoms with Gasteiger partial charge in [-0.15, -0.1) is 0 Å². The van der Waals surface area contributed by atoms with Crippen molar-refractivity contribution < 1.29 is 23.9 Å². The van der Waals surface area contributed by atoms with Crippen molar-refractivity contribution in [1.29, 1.82) is 0 Å². The lowest BCUT2D eigenvalue weighted by Crippen LogP contribution is -2.58. The summed E-state index contributed by atoms with van der Waals surface area (Å²) in [5.74, 6) is -0.951. The molecule has 0 spiro atoms. The van der Waals surface area contributed by atoms with Crippen molar-refractivity contribution in [2.45, 2.75) is 117 Å². The number of methoxy groups -OCH3 is 1. The Bertz CT molecular complexity index is 900. The number of ether oxygens (including phenoxy) is 1. The smallest absolute Gasteiger partial charge is 0.328 e. The number of amides is 3. The van der Waals surface area contributed by atoms with E-state index in [2.05, 4.69) is 24.1 Å². The van der Waals surface area contributed by atoms with Crippen molar-refractivity contribution in [2.24, 2.45) is 11.8 Å². The summed E-state index contributed by atoms with van der Waals surface area (Å²) in [6, 6.07) is -1.59. The maximum atomic E-state index is 13.8. The van der Waals surface area contributed by atoms with Gasteiger partial charge in [-0.3, -0.25) is 19.3 Å². The Hall–Kier alpha value is -2.42. The second kappa shape index (κ2) is 14.8. The molecule has 0 aromatic rings. The molecule has 2 aliphatic rings. The van der Waals surface area contributed by atoms with E-state index < -0.39 is 18.1 Å². The van der Waals surface area contributed by atoms with E-state index in [-0.39, 0.29) is 47.7 Å². The summed E-state index contributed by atoms with van der Waals surface area (Å²) < 4.78 is 4.94. The number of carbonyl (C=O) groups is 4. The van der Waals surface area contributed by atoms with Crippen molar-refractivity contribution in [3.05, 3.63) is 11.6 Å². The van der Waals surface area contributed by atoms with Crippen LogP contribution in [0.25, 0.3) is 0 Å². The predicted octanol–water partition coefficient (Wildman–Crippen LogP) is 3.37. The van der Waals surface area contributed by atoms with Crippen LogP contribution in [0, 0.1) is 11.8 Å². The van der Waals surface area contributed by atoms with Crippen LogP contribution in [0.3, 0.4) is 0 Å². The molecule has 0 saturated carbocycles. The molecule has 0 aromatic heterocycles. The van der Waals surface area contributed by atoms with E-state index in [4.69, 9.17) is 4.74 Å². The summed E-state index contributed by atoms with van der Waals surface area (Å²) in [7, 11) is 3.08. The van der Waals surface area contributed by atoms with E-state index in [0.29, 0.717) is 18.5 Å². The largest absolute Gasteiger partial charge is 0.467 e. The molecule has 2 heterocycles. The topological polar surface area (TPSA) is 99.3 Å².